The lowest BCUT2D eigenvalue weighted by Crippen LogP contribution is -2.56. The number of aliphatic hydroxyl groups excluding tert-OH is 1. The summed E-state index contributed by atoms with van der Waals surface area (Å²) in [7, 11) is 1.61. The monoisotopic (exact) mass is 290 g/mol. The molecule has 1 aliphatic carbocycles. The Labute approximate surface area is 124 Å². The average molecular weight is 290 g/mol. The quantitative estimate of drug-likeness (QED) is 0.859. The third-order valence-electron chi connectivity index (χ3n) is 4.46. The fraction of sp³-hybridized carbons (Fsp3) is 0.500. The van der Waals surface area contributed by atoms with Crippen LogP contribution in [-0.2, 0) is 9.59 Å². The number of aliphatic hydroxyl groups is 1. The van der Waals surface area contributed by atoms with Gasteiger partial charge in [-0.05, 0) is 18.4 Å². The van der Waals surface area contributed by atoms with Crippen molar-refractivity contribution < 1.29 is 14.7 Å². The van der Waals surface area contributed by atoms with Crippen LogP contribution in [0.1, 0.15) is 43.8 Å². The molecule has 0 aliphatic heterocycles. The van der Waals surface area contributed by atoms with Gasteiger partial charge in [-0.3, -0.25) is 9.59 Å². The number of carbonyl (C=O) groups is 2. The molecule has 0 bridgehead atoms. The largest absolute Gasteiger partial charge is 0.388 e. The van der Waals surface area contributed by atoms with Gasteiger partial charge in [0.05, 0.1) is 12.5 Å². The fourth-order valence-corrected chi connectivity index (χ4v) is 3.04. The van der Waals surface area contributed by atoms with E-state index in [0.29, 0.717) is 18.4 Å². The number of amides is 2. The zero-order valence-electron chi connectivity index (χ0n) is 12.3. The number of likely N-dealkylation sites (N-methyl/N-ethyl adjacent to an activating group) is 1. The van der Waals surface area contributed by atoms with Crippen molar-refractivity contribution >= 4 is 11.8 Å². The molecule has 3 N–H and O–H groups in total. The molecule has 1 aliphatic rings. The van der Waals surface area contributed by atoms with E-state index in [0.717, 1.165) is 12.8 Å². The summed E-state index contributed by atoms with van der Waals surface area (Å²) < 4.78 is 0. The maximum atomic E-state index is 12.4. The van der Waals surface area contributed by atoms with Gasteiger partial charge in [-0.15, -0.1) is 0 Å². The van der Waals surface area contributed by atoms with Crippen LogP contribution in [0.2, 0.25) is 0 Å². The highest BCUT2D eigenvalue weighted by Crippen LogP contribution is 2.35. The molecule has 0 saturated heterocycles. The van der Waals surface area contributed by atoms with Crippen LogP contribution in [0.5, 0.6) is 0 Å². The molecule has 0 heterocycles. The van der Waals surface area contributed by atoms with E-state index in [4.69, 9.17) is 5.73 Å². The molecule has 5 nitrogen and oxygen atoms in total. The van der Waals surface area contributed by atoms with Crippen molar-refractivity contribution in [2.24, 2.45) is 5.73 Å². The number of benzene rings is 1. The molecule has 0 aromatic heterocycles. The molecule has 2 rings (SSSR count). The lowest BCUT2D eigenvalue weighted by molar-refractivity contribution is -0.145. The fourth-order valence-electron chi connectivity index (χ4n) is 3.04. The zero-order chi connectivity index (χ0) is 15.5. The summed E-state index contributed by atoms with van der Waals surface area (Å²) in [6.07, 6.45) is 2.07. The molecule has 1 aromatic carbocycles. The summed E-state index contributed by atoms with van der Waals surface area (Å²) in [5, 5.41) is 10.1. The molecule has 21 heavy (non-hydrogen) atoms. The molecule has 1 fully saturated rings. The molecule has 1 aromatic rings. The molecule has 1 unspecified atom stereocenters. The first kappa shape index (κ1) is 15.5. The summed E-state index contributed by atoms with van der Waals surface area (Å²) in [4.78, 5) is 25.6. The highest BCUT2D eigenvalue weighted by atomic mass is 16.3. The maximum absolute atomic E-state index is 12.4. The summed E-state index contributed by atoms with van der Waals surface area (Å²) in [5.41, 5.74) is 5.33. The number of primary amides is 1. The van der Waals surface area contributed by atoms with E-state index in [9.17, 15) is 14.7 Å². The Morgan fingerprint density at radius 1 is 1.29 bits per heavy atom. The van der Waals surface area contributed by atoms with Gasteiger partial charge in [0, 0.05) is 7.05 Å². The minimum atomic E-state index is -0.881. The average Bonchev–Trinajstić information content (AvgIpc) is 2.98. The molecular weight excluding hydrogens is 268 g/mol. The van der Waals surface area contributed by atoms with Crippen molar-refractivity contribution in [1.82, 2.24) is 4.90 Å². The molecule has 114 valence electrons. The summed E-state index contributed by atoms with van der Waals surface area (Å²) >= 11 is 0. The van der Waals surface area contributed by atoms with Crippen LogP contribution in [0.15, 0.2) is 30.3 Å². The Bertz CT molecular complexity index is 510. The third-order valence-corrected chi connectivity index (χ3v) is 4.46. The van der Waals surface area contributed by atoms with Crippen LogP contribution in [-0.4, -0.2) is 34.4 Å². The van der Waals surface area contributed by atoms with E-state index >= 15 is 0 Å². The Kier molecular flexibility index (Phi) is 4.63. The van der Waals surface area contributed by atoms with Crippen LogP contribution in [0.3, 0.4) is 0 Å². The number of nitrogens with zero attached hydrogens (tertiary/aromatic N) is 1. The first-order chi connectivity index (χ1) is 9.97. The number of rotatable bonds is 5. The topological polar surface area (TPSA) is 83.6 Å². The molecule has 2 amide bonds. The lowest BCUT2D eigenvalue weighted by atomic mass is 9.93. The number of hydrogen-bond donors (Lipinski definition) is 2. The SMILES string of the molecule is CN(C(=O)CC(O)c1ccccc1)C1(C(N)=O)CCCC1. The van der Waals surface area contributed by atoms with Crippen LogP contribution in [0.25, 0.3) is 0 Å². The Balaban J connectivity index is 2.07. The lowest BCUT2D eigenvalue weighted by Gasteiger charge is -2.36. The smallest absolute Gasteiger partial charge is 0.243 e. The van der Waals surface area contributed by atoms with Crippen molar-refractivity contribution in [1.29, 1.82) is 0 Å². The standard InChI is InChI=1S/C16H22N2O3/c1-18(16(15(17)21)9-5-6-10-16)14(20)11-13(19)12-7-3-2-4-8-12/h2-4,7-8,13,19H,5-6,9-11H2,1H3,(H2,17,21). The molecule has 1 saturated carbocycles. The second-order valence-electron chi connectivity index (χ2n) is 5.69. The van der Waals surface area contributed by atoms with E-state index in [1.165, 1.54) is 4.90 Å². The Hall–Kier alpha value is -1.88. The minimum absolute atomic E-state index is 0.0461. The molecule has 0 radical (unpaired) electrons. The Morgan fingerprint density at radius 2 is 1.86 bits per heavy atom. The van der Waals surface area contributed by atoms with Crippen molar-refractivity contribution in [2.45, 2.75) is 43.7 Å². The van der Waals surface area contributed by atoms with Crippen molar-refractivity contribution in [3.63, 3.8) is 0 Å². The van der Waals surface area contributed by atoms with Crippen molar-refractivity contribution in [3.05, 3.63) is 35.9 Å². The van der Waals surface area contributed by atoms with Gasteiger partial charge in [-0.1, -0.05) is 43.2 Å². The normalized spacial score (nSPS) is 18.2. The first-order valence-corrected chi connectivity index (χ1v) is 7.27. The van der Waals surface area contributed by atoms with Crippen LogP contribution in [0.4, 0.5) is 0 Å². The zero-order valence-corrected chi connectivity index (χ0v) is 12.3. The predicted molar refractivity (Wildman–Crippen MR) is 79.2 cm³/mol. The van der Waals surface area contributed by atoms with E-state index in [2.05, 4.69) is 0 Å². The van der Waals surface area contributed by atoms with E-state index < -0.39 is 17.6 Å². The van der Waals surface area contributed by atoms with E-state index in [1.54, 1.807) is 19.2 Å². The van der Waals surface area contributed by atoms with Gasteiger partial charge in [0.2, 0.25) is 11.8 Å². The van der Waals surface area contributed by atoms with Crippen LogP contribution >= 0.6 is 0 Å². The highest BCUT2D eigenvalue weighted by molar-refractivity contribution is 5.90. The van der Waals surface area contributed by atoms with Crippen molar-refractivity contribution in [2.75, 3.05) is 7.05 Å². The van der Waals surface area contributed by atoms with Gasteiger partial charge in [0.25, 0.3) is 0 Å². The van der Waals surface area contributed by atoms with Gasteiger partial charge < -0.3 is 15.7 Å². The predicted octanol–water partition coefficient (Wildman–Crippen LogP) is 1.37. The minimum Gasteiger partial charge on any atom is -0.388 e. The second-order valence-corrected chi connectivity index (χ2v) is 5.69. The van der Waals surface area contributed by atoms with Gasteiger partial charge in [-0.25, -0.2) is 0 Å². The van der Waals surface area contributed by atoms with Crippen molar-refractivity contribution in [3.8, 4) is 0 Å². The van der Waals surface area contributed by atoms with Crippen LogP contribution < -0.4 is 5.73 Å². The number of hydrogen-bond acceptors (Lipinski definition) is 3. The number of carbonyl (C=O) groups excluding carboxylic acids is 2. The highest BCUT2D eigenvalue weighted by Gasteiger charge is 2.45. The molecular formula is C16H22N2O3. The second kappa shape index (κ2) is 6.26. The maximum Gasteiger partial charge on any atom is 0.243 e. The van der Waals surface area contributed by atoms with Crippen LogP contribution in [0, 0.1) is 0 Å². The molecule has 5 heteroatoms. The summed E-state index contributed by atoms with van der Waals surface area (Å²) in [5.74, 6) is -0.711. The Morgan fingerprint density at radius 3 is 2.38 bits per heavy atom. The van der Waals surface area contributed by atoms with Gasteiger partial charge in [-0.2, -0.15) is 0 Å². The third kappa shape index (κ3) is 3.08. The van der Waals surface area contributed by atoms with Gasteiger partial charge in [0.15, 0.2) is 0 Å². The van der Waals surface area contributed by atoms with Gasteiger partial charge >= 0.3 is 0 Å². The summed E-state index contributed by atoms with van der Waals surface area (Å²) in [6.45, 7) is 0. The number of nitrogens with two attached hydrogens (primary N) is 1. The van der Waals surface area contributed by atoms with E-state index in [1.807, 2.05) is 18.2 Å². The first-order valence-electron chi connectivity index (χ1n) is 7.27. The van der Waals surface area contributed by atoms with Gasteiger partial charge in [0.1, 0.15) is 5.54 Å². The van der Waals surface area contributed by atoms with E-state index in [-0.39, 0.29) is 12.3 Å². The summed E-state index contributed by atoms with van der Waals surface area (Å²) in [6, 6.07) is 9.03. The molecule has 1 atom stereocenters. The molecule has 0 spiro atoms.